The van der Waals surface area contributed by atoms with Crippen molar-refractivity contribution in [1.29, 1.82) is 0 Å². The van der Waals surface area contributed by atoms with Crippen LogP contribution in [0, 0.1) is 0 Å². The molecular formula is C61H121NO4. The van der Waals surface area contributed by atoms with Gasteiger partial charge in [0.15, 0.2) is 0 Å². The fourth-order valence-corrected chi connectivity index (χ4v) is 9.90. The number of carbonyl (C=O) groups excluding carboxylic acids is 1. The fraction of sp³-hybridized carbons (Fsp3) is 0.951. The lowest BCUT2D eigenvalue weighted by molar-refractivity contribution is -0.131. The van der Waals surface area contributed by atoms with E-state index in [0.717, 1.165) is 32.1 Å². The van der Waals surface area contributed by atoms with Crippen LogP contribution in [0.25, 0.3) is 0 Å². The van der Waals surface area contributed by atoms with Crippen molar-refractivity contribution in [2.45, 2.75) is 366 Å². The molecule has 0 saturated heterocycles. The standard InChI is InChI=1S/C61H121NO4/c1-3-5-7-9-11-13-15-17-19-21-22-23-24-25-26-27-28-29-30-31-32-33-34-35-36-37-38-39-40-42-44-46-48-50-52-54-56-60(65)61(66)62-58(57-63)59(64)55-53-51-49-47-45-43-41-20-18-16-14-12-10-8-6-4-2/h53,55,58-60,63-65H,3-52,54,56-57H2,1-2H3,(H,62,66)/b55-53+. The van der Waals surface area contributed by atoms with Crippen LogP contribution in [0.5, 0.6) is 0 Å². The molecule has 394 valence electrons. The van der Waals surface area contributed by atoms with Crippen molar-refractivity contribution in [1.82, 2.24) is 5.32 Å². The van der Waals surface area contributed by atoms with Gasteiger partial charge in [-0.3, -0.25) is 4.79 Å². The highest BCUT2D eigenvalue weighted by atomic mass is 16.3. The molecule has 0 aliphatic rings. The molecule has 0 radical (unpaired) electrons. The number of aliphatic hydroxyl groups excluding tert-OH is 3. The van der Waals surface area contributed by atoms with E-state index in [0.29, 0.717) is 6.42 Å². The minimum atomic E-state index is -1.09. The minimum absolute atomic E-state index is 0.359. The molecule has 0 aliphatic heterocycles. The van der Waals surface area contributed by atoms with E-state index in [1.807, 2.05) is 6.08 Å². The Hall–Kier alpha value is -0.910. The summed E-state index contributed by atoms with van der Waals surface area (Å²) in [5.41, 5.74) is 0. The molecule has 3 atom stereocenters. The highest BCUT2D eigenvalue weighted by Crippen LogP contribution is 2.19. The molecule has 3 unspecified atom stereocenters. The van der Waals surface area contributed by atoms with Crippen molar-refractivity contribution in [2.75, 3.05) is 6.61 Å². The van der Waals surface area contributed by atoms with Crippen LogP contribution in [0.2, 0.25) is 0 Å². The van der Waals surface area contributed by atoms with Crippen LogP contribution >= 0.6 is 0 Å². The number of carbonyl (C=O) groups is 1. The molecule has 0 aromatic heterocycles. The van der Waals surface area contributed by atoms with E-state index >= 15 is 0 Å². The first-order chi connectivity index (χ1) is 32.6. The molecule has 5 heteroatoms. The number of amides is 1. The number of hydrogen-bond acceptors (Lipinski definition) is 4. The Morgan fingerprint density at radius 2 is 0.591 bits per heavy atom. The van der Waals surface area contributed by atoms with Gasteiger partial charge >= 0.3 is 0 Å². The lowest BCUT2D eigenvalue weighted by Crippen LogP contribution is -2.48. The maximum absolute atomic E-state index is 12.5. The third kappa shape index (κ3) is 51.0. The van der Waals surface area contributed by atoms with E-state index in [1.165, 1.54) is 295 Å². The molecule has 0 rings (SSSR count). The second kappa shape index (κ2) is 56.7. The maximum atomic E-state index is 12.5. The number of unbranched alkanes of at least 4 members (excludes halogenated alkanes) is 49. The summed E-state index contributed by atoms with van der Waals surface area (Å²) in [6.45, 7) is 4.22. The van der Waals surface area contributed by atoms with Crippen molar-refractivity contribution in [3.63, 3.8) is 0 Å². The first-order valence-electron chi connectivity index (χ1n) is 30.5. The van der Waals surface area contributed by atoms with Crippen LogP contribution in [-0.2, 0) is 4.79 Å². The highest BCUT2D eigenvalue weighted by molar-refractivity contribution is 5.80. The summed E-state index contributed by atoms with van der Waals surface area (Å²) in [6.07, 6.45) is 71.8. The van der Waals surface area contributed by atoms with Crippen LogP contribution in [0.4, 0.5) is 0 Å². The maximum Gasteiger partial charge on any atom is 0.249 e. The normalized spacial score (nSPS) is 13.2. The monoisotopic (exact) mass is 932 g/mol. The number of hydrogen-bond donors (Lipinski definition) is 4. The summed E-state index contributed by atoms with van der Waals surface area (Å²) < 4.78 is 0. The number of allylic oxidation sites excluding steroid dienone is 1. The quantitative estimate of drug-likeness (QED) is 0.0361. The van der Waals surface area contributed by atoms with Crippen molar-refractivity contribution < 1.29 is 20.1 Å². The van der Waals surface area contributed by atoms with Gasteiger partial charge in [0.25, 0.3) is 0 Å². The van der Waals surface area contributed by atoms with Gasteiger partial charge in [-0.05, 0) is 19.3 Å². The second-order valence-corrected chi connectivity index (χ2v) is 21.3. The zero-order chi connectivity index (χ0) is 47.9. The zero-order valence-corrected chi connectivity index (χ0v) is 45.1. The second-order valence-electron chi connectivity index (χ2n) is 21.3. The highest BCUT2D eigenvalue weighted by Gasteiger charge is 2.22. The molecule has 4 N–H and O–H groups in total. The first-order valence-corrected chi connectivity index (χ1v) is 30.5. The predicted molar refractivity (Wildman–Crippen MR) is 292 cm³/mol. The topological polar surface area (TPSA) is 89.8 Å². The average molecular weight is 933 g/mol. The summed E-state index contributed by atoms with van der Waals surface area (Å²) in [5.74, 6) is -0.496. The molecule has 0 aromatic rings. The van der Waals surface area contributed by atoms with Crippen LogP contribution in [0.15, 0.2) is 12.2 Å². The molecule has 1 amide bonds. The summed E-state index contributed by atoms with van der Waals surface area (Å²) in [4.78, 5) is 12.5. The Morgan fingerprint density at radius 3 is 0.833 bits per heavy atom. The van der Waals surface area contributed by atoms with Crippen LogP contribution in [-0.4, -0.2) is 46.1 Å². The van der Waals surface area contributed by atoms with Gasteiger partial charge in [0.2, 0.25) is 5.91 Å². The van der Waals surface area contributed by atoms with E-state index < -0.39 is 24.2 Å². The summed E-state index contributed by atoms with van der Waals surface area (Å²) in [7, 11) is 0. The number of nitrogens with one attached hydrogen (secondary N) is 1. The first kappa shape index (κ1) is 65.1. The molecular weight excluding hydrogens is 811 g/mol. The van der Waals surface area contributed by atoms with Gasteiger partial charge in [0.05, 0.1) is 18.8 Å². The molecule has 5 nitrogen and oxygen atoms in total. The van der Waals surface area contributed by atoms with Gasteiger partial charge in [0, 0.05) is 0 Å². The van der Waals surface area contributed by atoms with E-state index in [2.05, 4.69) is 19.2 Å². The van der Waals surface area contributed by atoms with Crippen LogP contribution in [0.3, 0.4) is 0 Å². The largest absolute Gasteiger partial charge is 0.394 e. The molecule has 0 saturated carbocycles. The van der Waals surface area contributed by atoms with Crippen molar-refractivity contribution in [2.24, 2.45) is 0 Å². The van der Waals surface area contributed by atoms with Gasteiger partial charge in [-0.25, -0.2) is 0 Å². The van der Waals surface area contributed by atoms with Crippen LogP contribution in [0.1, 0.15) is 348 Å². The Labute approximate surface area is 414 Å². The van der Waals surface area contributed by atoms with Crippen molar-refractivity contribution >= 4 is 5.91 Å². The van der Waals surface area contributed by atoms with Crippen molar-refractivity contribution in [3.8, 4) is 0 Å². The smallest absolute Gasteiger partial charge is 0.249 e. The Balaban J connectivity index is 3.44. The van der Waals surface area contributed by atoms with Crippen LogP contribution < -0.4 is 5.32 Å². The van der Waals surface area contributed by atoms with E-state index in [4.69, 9.17) is 0 Å². The average Bonchev–Trinajstić information content (AvgIpc) is 3.32. The molecule has 0 heterocycles. The zero-order valence-electron chi connectivity index (χ0n) is 45.1. The molecule has 0 spiro atoms. The lowest BCUT2D eigenvalue weighted by Gasteiger charge is -2.21. The van der Waals surface area contributed by atoms with Gasteiger partial charge in [-0.1, -0.05) is 341 Å². The Kier molecular flexibility index (Phi) is 55.9. The van der Waals surface area contributed by atoms with Gasteiger partial charge < -0.3 is 20.6 Å². The molecule has 0 fully saturated rings. The van der Waals surface area contributed by atoms with Gasteiger partial charge in [-0.2, -0.15) is 0 Å². The molecule has 66 heavy (non-hydrogen) atoms. The molecule has 0 aliphatic carbocycles. The third-order valence-electron chi connectivity index (χ3n) is 14.6. The SMILES string of the molecule is CCCCCCCCCCCCCCCC/C=C/C(O)C(CO)NC(=O)C(O)CCCCCCCCCCCCCCCCCCCCCCCCCCCCCCCCCCCCCC. The lowest BCUT2D eigenvalue weighted by atomic mass is 10.0. The van der Waals surface area contributed by atoms with E-state index in [1.54, 1.807) is 6.08 Å². The number of rotatable bonds is 57. The Morgan fingerprint density at radius 1 is 0.364 bits per heavy atom. The third-order valence-corrected chi connectivity index (χ3v) is 14.6. The molecule has 0 bridgehead atoms. The predicted octanol–water partition coefficient (Wildman–Crippen LogP) is 19.1. The fourth-order valence-electron chi connectivity index (χ4n) is 9.90. The summed E-state index contributed by atoms with van der Waals surface area (Å²) >= 11 is 0. The Bertz CT molecular complexity index is 940. The van der Waals surface area contributed by atoms with E-state index in [-0.39, 0.29) is 6.61 Å². The van der Waals surface area contributed by atoms with E-state index in [9.17, 15) is 20.1 Å². The van der Waals surface area contributed by atoms with Gasteiger partial charge in [-0.15, -0.1) is 0 Å². The van der Waals surface area contributed by atoms with Crippen molar-refractivity contribution in [3.05, 3.63) is 12.2 Å². The van der Waals surface area contributed by atoms with Gasteiger partial charge in [0.1, 0.15) is 6.10 Å². The molecule has 0 aromatic carbocycles. The number of aliphatic hydroxyl groups is 3. The summed E-state index contributed by atoms with van der Waals surface area (Å²) in [5, 5.41) is 33.4. The minimum Gasteiger partial charge on any atom is -0.394 e. The summed E-state index contributed by atoms with van der Waals surface area (Å²) in [6, 6.07) is -0.794.